The summed E-state index contributed by atoms with van der Waals surface area (Å²) in [6.45, 7) is 2.03. The molecule has 21 heavy (non-hydrogen) atoms. The van der Waals surface area contributed by atoms with E-state index in [1.54, 1.807) is 6.92 Å². The monoisotopic (exact) mass is 326 g/mol. The molecule has 0 aliphatic heterocycles. The fraction of sp³-hybridized carbons (Fsp3) is 0.385. The van der Waals surface area contributed by atoms with Gasteiger partial charge >= 0.3 is 5.97 Å². The highest BCUT2D eigenvalue weighted by Gasteiger charge is 2.35. The summed E-state index contributed by atoms with van der Waals surface area (Å²) in [5.74, 6) is -0.258. The molecule has 0 radical (unpaired) electrons. The topological polar surface area (TPSA) is 69.9 Å². The molecule has 2 aromatic heterocycles. The molecule has 1 aliphatic rings. The highest BCUT2D eigenvalue weighted by atomic mass is 35.5. The number of carbonyl (C=O) groups excluding carboxylic acids is 1. The SMILES string of the molecule is CCOC(=O)c1nnn(-c2c(Cl)cncc2Cl)c1C1CC1. The first-order valence-electron chi connectivity index (χ1n) is 6.55. The van der Waals surface area contributed by atoms with E-state index in [2.05, 4.69) is 15.3 Å². The van der Waals surface area contributed by atoms with E-state index in [9.17, 15) is 4.79 Å². The van der Waals surface area contributed by atoms with Gasteiger partial charge < -0.3 is 4.74 Å². The van der Waals surface area contributed by atoms with Gasteiger partial charge in [0.2, 0.25) is 0 Å². The number of hydrogen-bond donors (Lipinski definition) is 0. The van der Waals surface area contributed by atoms with Gasteiger partial charge in [0.1, 0.15) is 5.69 Å². The summed E-state index contributed by atoms with van der Waals surface area (Å²) >= 11 is 12.3. The van der Waals surface area contributed by atoms with Crippen LogP contribution in [0.25, 0.3) is 5.69 Å². The molecule has 2 heterocycles. The Morgan fingerprint density at radius 1 is 1.38 bits per heavy atom. The number of ether oxygens (including phenoxy) is 1. The average Bonchev–Trinajstić information content (AvgIpc) is 3.19. The molecule has 0 saturated heterocycles. The lowest BCUT2D eigenvalue weighted by molar-refractivity contribution is 0.0518. The fourth-order valence-corrected chi connectivity index (χ4v) is 2.65. The molecule has 0 bridgehead atoms. The van der Waals surface area contributed by atoms with Crippen molar-refractivity contribution >= 4 is 29.2 Å². The van der Waals surface area contributed by atoms with E-state index in [1.807, 2.05) is 0 Å². The van der Waals surface area contributed by atoms with Crippen molar-refractivity contribution in [2.45, 2.75) is 25.7 Å². The molecular formula is C13H12Cl2N4O2. The quantitative estimate of drug-likeness (QED) is 0.807. The smallest absolute Gasteiger partial charge is 0.360 e. The summed E-state index contributed by atoms with van der Waals surface area (Å²) in [6, 6.07) is 0. The van der Waals surface area contributed by atoms with E-state index >= 15 is 0 Å². The Kier molecular flexibility index (Phi) is 3.82. The van der Waals surface area contributed by atoms with E-state index in [0.29, 0.717) is 21.4 Å². The highest BCUT2D eigenvalue weighted by molar-refractivity contribution is 6.37. The molecular weight excluding hydrogens is 315 g/mol. The molecule has 1 aliphatic carbocycles. The van der Waals surface area contributed by atoms with E-state index < -0.39 is 5.97 Å². The molecule has 1 saturated carbocycles. The van der Waals surface area contributed by atoms with Crippen LogP contribution in [0.2, 0.25) is 10.0 Å². The Morgan fingerprint density at radius 3 is 2.62 bits per heavy atom. The van der Waals surface area contributed by atoms with Crippen LogP contribution in [0.3, 0.4) is 0 Å². The van der Waals surface area contributed by atoms with Gasteiger partial charge in [0.15, 0.2) is 5.69 Å². The normalized spacial score (nSPS) is 14.2. The number of carbonyl (C=O) groups is 1. The lowest BCUT2D eigenvalue weighted by Crippen LogP contribution is -2.10. The maximum absolute atomic E-state index is 12.0. The van der Waals surface area contributed by atoms with E-state index in [-0.39, 0.29) is 18.2 Å². The zero-order chi connectivity index (χ0) is 15.0. The highest BCUT2D eigenvalue weighted by Crippen LogP contribution is 2.43. The van der Waals surface area contributed by atoms with Gasteiger partial charge in [-0.1, -0.05) is 28.4 Å². The summed E-state index contributed by atoms with van der Waals surface area (Å²) < 4.78 is 6.55. The summed E-state index contributed by atoms with van der Waals surface area (Å²) in [6.07, 6.45) is 4.90. The summed E-state index contributed by atoms with van der Waals surface area (Å²) in [5, 5.41) is 8.70. The minimum absolute atomic E-state index is 0.222. The maximum Gasteiger partial charge on any atom is 0.360 e. The van der Waals surface area contributed by atoms with Crippen molar-refractivity contribution in [3.8, 4) is 5.69 Å². The summed E-state index contributed by atoms with van der Waals surface area (Å²) in [7, 11) is 0. The lowest BCUT2D eigenvalue weighted by atomic mass is 10.2. The third kappa shape index (κ3) is 2.61. The van der Waals surface area contributed by atoms with Gasteiger partial charge in [-0.05, 0) is 19.8 Å². The van der Waals surface area contributed by atoms with Gasteiger partial charge in [-0.25, -0.2) is 9.48 Å². The first-order chi connectivity index (χ1) is 10.1. The molecule has 0 spiro atoms. The van der Waals surface area contributed by atoms with Crippen molar-refractivity contribution in [2.24, 2.45) is 0 Å². The number of pyridine rings is 1. The first kappa shape index (κ1) is 14.3. The number of esters is 1. The third-order valence-corrected chi connectivity index (χ3v) is 3.73. The minimum Gasteiger partial charge on any atom is -0.461 e. The Morgan fingerprint density at radius 2 is 2.05 bits per heavy atom. The number of aromatic nitrogens is 4. The van der Waals surface area contributed by atoms with Crippen molar-refractivity contribution in [2.75, 3.05) is 6.61 Å². The van der Waals surface area contributed by atoms with Gasteiger partial charge in [-0.3, -0.25) is 4.98 Å². The molecule has 0 N–H and O–H groups in total. The van der Waals surface area contributed by atoms with Crippen molar-refractivity contribution in [1.82, 2.24) is 20.0 Å². The molecule has 110 valence electrons. The maximum atomic E-state index is 12.0. The number of nitrogens with zero attached hydrogens (tertiary/aromatic N) is 4. The standard InChI is InChI=1S/C13H12Cl2N4O2/c1-2-21-13(20)10-11(7-3-4-7)19(18-17-10)12-8(14)5-16-6-9(12)15/h5-7H,2-4H2,1H3. The second-order valence-corrected chi connectivity index (χ2v) is 5.50. The Bertz CT molecular complexity index is 677. The second-order valence-electron chi connectivity index (χ2n) is 4.68. The lowest BCUT2D eigenvalue weighted by Gasteiger charge is -2.09. The fourth-order valence-electron chi connectivity index (χ4n) is 2.13. The Labute approximate surface area is 131 Å². The van der Waals surface area contributed by atoms with Crippen molar-refractivity contribution < 1.29 is 9.53 Å². The first-order valence-corrected chi connectivity index (χ1v) is 7.31. The van der Waals surface area contributed by atoms with Gasteiger partial charge in [0, 0.05) is 18.3 Å². The van der Waals surface area contributed by atoms with Crippen LogP contribution in [0.1, 0.15) is 41.9 Å². The zero-order valence-electron chi connectivity index (χ0n) is 11.2. The predicted octanol–water partition coefficient (Wildman–Crippen LogP) is 3.02. The molecule has 2 aromatic rings. The van der Waals surface area contributed by atoms with Crippen molar-refractivity contribution in [1.29, 1.82) is 0 Å². The molecule has 3 rings (SSSR count). The minimum atomic E-state index is -0.480. The van der Waals surface area contributed by atoms with Crippen LogP contribution in [0, 0.1) is 0 Å². The second kappa shape index (κ2) is 5.61. The zero-order valence-corrected chi connectivity index (χ0v) is 12.7. The van der Waals surface area contributed by atoms with E-state index in [4.69, 9.17) is 27.9 Å². The van der Waals surface area contributed by atoms with Crippen LogP contribution in [0.15, 0.2) is 12.4 Å². The van der Waals surface area contributed by atoms with E-state index in [0.717, 1.165) is 12.8 Å². The van der Waals surface area contributed by atoms with Crippen LogP contribution in [-0.4, -0.2) is 32.6 Å². The molecule has 0 unspecified atom stereocenters. The molecule has 8 heteroatoms. The number of hydrogen-bond acceptors (Lipinski definition) is 5. The number of halogens is 2. The largest absolute Gasteiger partial charge is 0.461 e. The molecule has 0 amide bonds. The Balaban J connectivity index is 2.14. The van der Waals surface area contributed by atoms with Crippen LogP contribution in [0.5, 0.6) is 0 Å². The molecule has 1 fully saturated rings. The van der Waals surface area contributed by atoms with Crippen LogP contribution < -0.4 is 0 Å². The van der Waals surface area contributed by atoms with Gasteiger partial charge in [0.25, 0.3) is 0 Å². The summed E-state index contributed by atoms with van der Waals surface area (Å²) in [4.78, 5) is 15.9. The Hall–Kier alpha value is -1.66. The molecule has 0 aromatic carbocycles. The molecule has 6 nitrogen and oxygen atoms in total. The van der Waals surface area contributed by atoms with Crippen LogP contribution >= 0.6 is 23.2 Å². The van der Waals surface area contributed by atoms with Crippen molar-refractivity contribution in [3.63, 3.8) is 0 Å². The third-order valence-electron chi connectivity index (χ3n) is 3.18. The summed E-state index contributed by atoms with van der Waals surface area (Å²) in [5.41, 5.74) is 1.41. The van der Waals surface area contributed by atoms with Crippen molar-refractivity contribution in [3.05, 3.63) is 33.8 Å². The van der Waals surface area contributed by atoms with E-state index in [1.165, 1.54) is 17.1 Å². The van der Waals surface area contributed by atoms with Gasteiger partial charge in [0.05, 0.1) is 22.3 Å². The van der Waals surface area contributed by atoms with Gasteiger partial charge in [-0.15, -0.1) is 5.10 Å². The number of rotatable bonds is 4. The van der Waals surface area contributed by atoms with Crippen LogP contribution in [-0.2, 0) is 4.74 Å². The predicted molar refractivity (Wildman–Crippen MR) is 77.1 cm³/mol. The van der Waals surface area contributed by atoms with Crippen LogP contribution in [0.4, 0.5) is 0 Å². The average molecular weight is 327 g/mol. The molecule has 0 atom stereocenters. The van der Waals surface area contributed by atoms with Gasteiger partial charge in [-0.2, -0.15) is 0 Å².